The summed E-state index contributed by atoms with van der Waals surface area (Å²) in [5.74, 6) is 0.175. The summed E-state index contributed by atoms with van der Waals surface area (Å²) in [4.78, 5) is 11.8. The highest BCUT2D eigenvalue weighted by atomic mass is 35.5. The van der Waals surface area contributed by atoms with Gasteiger partial charge in [0.25, 0.3) is 0 Å². The Bertz CT molecular complexity index is 408. The highest BCUT2D eigenvalue weighted by molar-refractivity contribution is 6.31. The Morgan fingerprint density at radius 2 is 2.24 bits per heavy atom. The number of esters is 1. The Labute approximate surface area is 106 Å². The number of benzene rings is 1. The maximum absolute atomic E-state index is 11.8. The number of rotatable bonds is 3. The number of nitrogens with one attached hydrogen (secondary N) is 1. The molecule has 1 heterocycles. The monoisotopic (exact) mass is 253 g/mol. The number of carbonyl (C=O) groups is 1. The summed E-state index contributed by atoms with van der Waals surface area (Å²) in [5.41, 5.74) is 0.848. The van der Waals surface area contributed by atoms with Gasteiger partial charge >= 0.3 is 5.97 Å². The zero-order valence-corrected chi connectivity index (χ0v) is 10.5. The molecule has 0 saturated carbocycles. The highest BCUT2D eigenvalue weighted by Gasteiger charge is 2.30. The van der Waals surface area contributed by atoms with Gasteiger partial charge < -0.3 is 10.1 Å². The second-order valence-corrected chi connectivity index (χ2v) is 4.85. The van der Waals surface area contributed by atoms with E-state index in [-0.39, 0.29) is 18.5 Å². The van der Waals surface area contributed by atoms with Crippen LogP contribution in [0.5, 0.6) is 0 Å². The molecule has 1 aromatic rings. The Morgan fingerprint density at radius 3 is 2.88 bits per heavy atom. The molecule has 0 radical (unpaired) electrons. The molecule has 3 nitrogen and oxygen atoms in total. The molecule has 92 valence electrons. The molecule has 4 heteroatoms. The first-order valence-electron chi connectivity index (χ1n) is 5.79. The maximum Gasteiger partial charge on any atom is 0.310 e. The Balaban J connectivity index is 1.90. The Hall–Kier alpha value is -1.06. The first kappa shape index (κ1) is 12.4. The molecule has 1 saturated heterocycles. The molecule has 17 heavy (non-hydrogen) atoms. The van der Waals surface area contributed by atoms with Crippen LogP contribution < -0.4 is 5.32 Å². The first-order valence-corrected chi connectivity index (χ1v) is 6.17. The summed E-state index contributed by atoms with van der Waals surface area (Å²) in [6.45, 7) is 3.90. The van der Waals surface area contributed by atoms with Crippen LogP contribution >= 0.6 is 11.6 Å². The zero-order valence-electron chi connectivity index (χ0n) is 9.78. The van der Waals surface area contributed by atoms with Crippen molar-refractivity contribution in [3.8, 4) is 0 Å². The summed E-state index contributed by atoms with van der Waals surface area (Å²) >= 11 is 5.99. The summed E-state index contributed by atoms with van der Waals surface area (Å²) in [5, 5.41) is 3.82. The Morgan fingerprint density at radius 1 is 1.47 bits per heavy atom. The van der Waals surface area contributed by atoms with E-state index in [9.17, 15) is 4.79 Å². The van der Waals surface area contributed by atoms with Crippen LogP contribution in [0.25, 0.3) is 0 Å². The fourth-order valence-corrected chi connectivity index (χ4v) is 2.19. The smallest absolute Gasteiger partial charge is 0.310 e. The molecule has 1 aliphatic heterocycles. The van der Waals surface area contributed by atoms with Crippen LogP contribution in [-0.4, -0.2) is 19.1 Å². The minimum absolute atomic E-state index is 0.0301. The van der Waals surface area contributed by atoms with Gasteiger partial charge in [0.15, 0.2) is 0 Å². The van der Waals surface area contributed by atoms with Gasteiger partial charge in [0.2, 0.25) is 0 Å². The van der Waals surface area contributed by atoms with Gasteiger partial charge in [0, 0.05) is 17.1 Å². The largest absolute Gasteiger partial charge is 0.460 e. The molecular formula is C13H16ClNO2. The van der Waals surface area contributed by atoms with Crippen molar-refractivity contribution in [2.45, 2.75) is 13.5 Å². The van der Waals surface area contributed by atoms with Crippen molar-refractivity contribution in [3.05, 3.63) is 34.9 Å². The SMILES string of the molecule is CC1CNCC1C(=O)OCc1ccccc1Cl. The lowest BCUT2D eigenvalue weighted by Crippen LogP contribution is -2.23. The van der Waals surface area contributed by atoms with Gasteiger partial charge in [-0.3, -0.25) is 4.79 Å². The number of hydrogen-bond donors (Lipinski definition) is 1. The van der Waals surface area contributed by atoms with E-state index >= 15 is 0 Å². The van der Waals surface area contributed by atoms with E-state index in [4.69, 9.17) is 16.3 Å². The fourth-order valence-electron chi connectivity index (χ4n) is 2.00. The van der Waals surface area contributed by atoms with Crippen molar-refractivity contribution in [1.82, 2.24) is 5.32 Å². The summed E-state index contributed by atoms with van der Waals surface area (Å²) in [6, 6.07) is 7.40. The van der Waals surface area contributed by atoms with Gasteiger partial charge in [-0.1, -0.05) is 36.7 Å². The molecule has 0 aromatic heterocycles. The molecule has 1 aliphatic rings. The number of hydrogen-bond acceptors (Lipinski definition) is 3. The average Bonchev–Trinajstić information content (AvgIpc) is 2.74. The average molecular weight is 254 g/mol. The molecule has 1 N–H and O–H groups in total. The van der Waals surface area contributed by atoms with Crippen LogP contribution in [0.3, 0.4) is 0 Å². The third-order valence-corrected chi connectivity index (χ3v) is 3.52. The van der Waals surface area contributed by atoms with E-state index in [1.165, 1.54) is 0 Å². The number of halogens is 1. The van der Waals surface area contributed by atoms with E-state index in [1.54, 1.807) is 6.07 Å². The lowest BCUT2D eigenvalue weighted by Gasteiger charge is -2.13. The molecule has 0 bridgehead atoms. The van der Waals surface area contributed by atoms with Crippen molar-refractivity contribution >= 4 is 17.6 Å². The van der Waals surface area contributed by atoms with Crippen molar-refractivity contribution in [1.29, 1.82) is 0 Å². The van der Waals surface area contributed by atoms with Crippen molar-refractivity contribution in [3.63, 3.8) is 0 Å². The van der Waals surface area contributed by atoms with Crippen molar-refractivity contribution < 1.29 is 9.53 Å². The van der Waals surface area contributed by atoms with Crippen LogP contribution in [-0.2, 0) is 16.1 Å². The van der Waals surface area contributed by atoms with Crippen LogP contribution in [0, 0.1) is 11.8 Å². The molecular weight excluding hydrogens is 238 g/mol. The van der Waals surface area contributed by atoms with Crippen LogP contribution in [0.15, 0.2) is 24.3 Å². The molecule has 2 unspecified atom stereocenters. The van der Waals surface area contributed by atoms with E-state index in [1.807, 2.05) is 18.2 Å². The molecule has 0 aliphatic carbocycles. The van der Waals surface area contributed by atoms with Crippen LogP contribution in [0.1, 0.15) is 12.5 Å². The molecule has 0 amide bonds. The van der Waals surface area contributed by atoms with Crippen molar-refractivity contribution in [2.24, 2.45) is 11.8 Å². The Kier molecular flexibility index (Phi) is 4.02. The predicted octanol–water partition coefficient (Wildman–Crippen LogP) is 2.24. The summed E-state index contributed by atoms with van der Waals surface area (Å²) in [6.07, 6.45) is 0. The van der Waals surface area contributed by atoms with Gasteiger partial charge in [-0.05, 0) is 18.5 Å². The maximum atomic E-state index is 11.8. The predicted molar refractivity (Wildman–Crippen MR) is 66.8 cm³/mol. The van der Waals surface area contributed by atoms with E-state index in [2.05, 4.69) is 12.2 Å². The standard InChI is InChI=1S/C13H16ClNO2/c1-9-6-15-7-11(9)13(16)17-8-10-4-2-3-5-12(10)14/h2-5,9,11,15H,6-8H2,1H3. The molecule has 1 aromatic carbocycles. The topological polar surface area (TPSA) is 38.3 Å². The van der Waals surface area contributed by atoms with E-state index in [0.29, 0.717) is 17.5 Å². The zero-order chi connectivity index (χ0) is 12.3. The first-order chi connectivity index (χ1) is 8.18. The lowest BCUT2D eigenvalue weighted by atomic mass is 9.99. The summed E-state index contributed by atoms with van der Waals surface area (Å²) in [7, 11) is 0. The van der Waals surface area contributed by atoms with Gasteiger partial charge in [0.1, 0.15) is 6.61 Å². The molecule has 0 spiro atoms. The number of carbonyl (C=O) groups excluding carboxylic acids is 1. The van der Waals surface area contributed by atoms with Gasteiger partial charge in [-0.15, -0.1) is 0 Å². The third-order valence-electron chi connectivity index (χ3n) is 3.15. The van der Waals surface area contributed by atoms with Crippen LogP contribution in [0.4, 0.5) is 0 Å². The minimum Gasteiger partial charge on any atom is -0.460 e. The van der Waals surface area contributed by atoms with E-state index < -0.39 is 0 Å². The van der Waals surface area contributed by atoms with Gasteiger partial charge in [0.05, 0.1) is 5.92 Å². The molecule has 2 rings (SSSR count). The van der Waals surface area contributed by atoms with Crippen LogP contribution in [0.2, 0.25) is 5.02 Å². The highest BCUT2D eigenvalue weighted by Crippen LogP contribution is 2.20. The minimum atomic E-state index is -0.137. The third kappa shape index (κ3) is 2.99. The second kappa shape index (κ2) is 5.52. The lowest BCUT2D eigenvalue weighted by molar-refractivity contribution is -0.150. The second-order valence-electron chi connectivity index (χ2n) is 4.44. The molecule has 2 atom stereocenters. The normalized spacial score (nSPS) is 23.6. The van der Waals surface area contributed by atoms with E-state index in [0.717, 1.165) is 12.1 Å². The van der Waals surface area contributed by atoms with Gasteiger partial charge in [-0.2, -0.15) is 0 Å². The summed E-state index contributed by atoms with van der Waals surface area (Å²) < 4.78 is 5.30. The van der Waals surface area contributed by atoms with Gasteiger partial charge in [-0.25, -0.2) is 0 Å². The quantitative estimate of drug-likeness (QED) is 0.840. The van der Waals surface area contributed by atoms with Crippen molar-refractivity contribution in [2.75, 3.05) is 13.1 Å². The number of ether oxygens (including phenoxy) is 1. The molecule has 1 fully saturated rings. The fraction of sp³-hybridized carbons (Fsp3) is 0.462.